The first-order valence-corrected chi connectivity index (χ1v) is 13.0. The van der Waals surface area contributed by atoms with Gasteiger partial charge in [-0.1, -0.05) is 12.1 Å². The molecule has 2 aliphatic heterocycles. The Balaban J connectivity index is 1.70. The molecule has 0 bridgehead atoms. The molecule has 3 atom stereocenters. The average molecular weight is 580 g/mol. The molecule has 0 radical (unpaired) electrons. The molecule has 1 saturated heterocycles. The van der Waals surface area contributed by atoms with Crippen LogP contribution in [0.25, 0.3) is 6.08 Å². The topological polar surface area (TPSA) is 215 Å². The van der Waals surface area contributed by atoms with E-state index in [1.165, 1.54) is 32.4 Å². The van der Waals surface area contributed by atoms with E-state index in [-0.39, 0.29) is 42.1 Å². The lowest BCUT2D eigenvalue weighted by Gasteiger charge is -2.55. The monoisotopic (exact) mass is 579 g/mol. The minimum absolute atomic E-state index is 0.0398. The van der Waals surface area contributed by atoms with Crippen LogP contribution in [0, 0.1) is 0 Å². The minimum atomic E-state index is -1.82. The number of ether oxygens (including phenoxy) is 3. The summed E-state index contributed by atoms with van der Waals surface area (Å²) in [5, 5.41) is 29.7. The van der Waals surface area contributed by atoms with Crippen LogP contribution in [0.4, 0.5) is 0 Å². The Labute approximate surface area is 232 Å². The van der Waals surface area contributed by atoms with E-state index < -0.39 is 59.2 Å². The second-order valence-corrected chi connectivity index (χ2v) is 9.87. The van der Waals surface area contributed by atoms with Crippen molar-refractivity contribution < 1.29 is 53.5 Å². The van der Waals surface area contributed by atoms with Crippen LogP contribution in [0.2, 0.25) is 0 Å². The van der Waals surface area contributed by atoms with Crippen LogP contribution in [0.1, 0.15) is 24.8 Å². The summed E-state index contributed by atoms with van der Waals surface area (Å²) in [6.45, 7) is -0.448. The van der Waals surface area contributed by atoms with Gasteiger partial charge in [0.25, 0.3) is 11.6 Å². The van der Waals surface area contributed by atoms with Crippen LogP contribution >= 0.6 is 11.8 Å². The second-order valence-electron chi connectivity index (χ2n) is 8.80. The maximum Gasteiger partial charge on any atom is 0.373 e. The fraction of sp³-hybridized carbons (Fsp3) is 0.400. The largest absolute Gasteiger partial charge is 0.508 e. The number of hydrogen-bond acceptors (Lipinski definition) is 11. The van der Waals surface area contributed by atoms with E-state index >= 15 is 0 Å². The zero-order chi connectivity index (χ0) is 29.6. The Morgan fingerprint density at radius 2 is 1.90 bits per heavy atom. The molecular weight excluding hydrogens is 550 g/mol. The minimum Gasteiger partial charge on any atom is -0.508 e. The van der Waals surface area contributed by atoms with Gasteiger partial charge < -0.3 is 40.6 Å². The zero-order valence-electron chi connectivity index (χ0n) is 21.6. The number of aliphatic carboxylic acids is 2. The molecule has 0 spiro atoms. The number of thioether (sulfide) groups is 1. The summed E-state index contributed by atoms with van der Waals surface area (Å²) in [6.07, 6.45) is 1.45. The standard InChI is InChI=1S/C25H29N3O11S/c1-37-17(10-13-6-8-15(29)9-7-13)22(35)39-11-14-12-40-24-25(38-2,23(36)28(24)19(14)21(33)34)27-18(30)5-3-4-16(26)20(31)32/h6-10,16,24,29H,3-5,11-12,26H2,1-2H3,(H,27,30)(H,31,32)(H,33,34)/t16?,24-,25?/m1/s1. The number of carbonyl (C=O) groups excluding carboxylic acids is 3. The molecule has 2 aliphatic rings. The number of fused-ring (bicyclic) bond motifs is 1. The molecule has 2 heterocycles. The SMILES string of the molecule is COC(=Cc1ccc(O)cc1)C(=O)OCC1=C(C(=O)O)N2C(=O)C(NC(=O)CCCC(N)C(=O)O)(OC)[C@H]2SC1. The maximum absolute atomic E-state index is 13.2. The summed E-state index contributed by atoms with van der Waals surface area (Å²) >= 11 is 1.11. The number of amides is 2. The number of nitrogens with one attached hydrogen (secondary N) is 1. The molecule has 2 amide bonds. The van der Waals surface area contributed by atoms with Gasteiger partial charge in [0.05, 0.1) is 7.11 Å². The second kappa shape index (κ2) is 12.8. The third-order valence-electron chi connectivity index (χ3n) is 6.19. The predicted octanol–water partition coefficient (Wildman–Crippen LogP) is 0.218. The first-order valence-electron chi connectivity index (χ1n) is 11.9. The van der Waals surface area contributed by atoms with Crippen molar-refractivity contribution in [3.63, 3.8) is 0 Å². The fourth-order valence-corrected chi connectivity index (χ4v) is 5.50. The molecule has 40 heavy (non-hydrogen) atoms. The van der Waals surface area contributed by atoms with E-state index in [2.05, 4.69) is 5.32 Å². The third kappa shape index (κ3) is 6.38. The Kier molecular flexibility index (Phi) is 9.78. The summed E-state index contributed by atoms with van der Waals surface area (Å²) in [5.74, 6) is -5.02. The number of phenols is 1. The smallest absolute Gasteiger partial charge is 0.373 e. The van der Waals surface area contributed by atoms with Gasteiger partial charge in [-0.15, -0.1) is 11.8 Å². The summed E-state index contributed by atoms with van der Waals surface area (Å²) in [6, 6.07) is 4.81. The van der Waals surface area contributed by atoms with Gasteiger partial charge in [0.1, 0.15) is 29.5 Å². The number of nitrogens with two attached hydrogens (primary N) is 1. The third-order valence-corrected chi connectivity index (χ3v) is 7.56. The molecule has 14 nitrogen and oxygen atoms in total. The van der Waals surface area contributed by atoms with Crippen molar-refractivity contribution in [1.82, 2.24) is 10.2 Å². The molecule has 2 unspecified atom stereocenters. The van der Waals surface area contributed by atoms with Gasteiger partial charge in [-0.2, -0.15) is 0 Å². The first-order chi connectivity index (χ1) is 18.9. The number of hydrogen-bond donors (Lipinski definition) is 5. The van der Waals surface area contributed by atoms with Crippen molar-refractivity contribution in [2.75, 3.05) is 26.6 Å². The Morgan fingerprint density at radius 1 is 1.23 bits per heavy atom. The molecule has 0 saturated carbocycles. The fourth-order valence-electron chi connectivity index (χ4n) is 4.08. The molecule has 0 aliphatic carbocycles. The molecular formula is C25H29N3O11S. The quantitative estimate of drug-likeness (QED) is 0.0696. The number of nitrogens with zero attached hydrogens (tertiary/aromatic N) is 1. The summed E-state index contributed by atoms with van der Waals surface area (Å²) in [4.78, 5) is 62.2. The van der Waals surface area contributed by atoms with Gasteiger partial charge in [-0.25, -0.2) is 9.59 Å². The van der Waals surface area contributed by atoms with Crippen molar-refractivity contribution in [2.45, 2.75) is 36.4 Å². The number of aromatic hydroxyl groups is 1. The highest BCUT2D eigenvalue weighted by Gasteiger charge is 2.66. The number of carboxylic acids is 2. The molecule has 3 rings (SSSR count). The molecule has 6 N–H and O–H groups in total. The molecule has 216 valence electrons. The van der Waals surface area contributed by atoms with E-state index in [9.17, 15) is 34.2 Å². The Morgan fingerprint density at radius 3 is 2.48 bits per heavy atom. The number of rotatable bonds is 13. The van der Waals surface area contributed by atoms with Crippen LogP contribution < -0.4 is 11.1 Å². The van der Waals surface area contributed by atoms with Gasteiger partial charge in [0, 0.05) is 24.9 Å². The highest BCUT2D eigenvalue weighted by molar-refractivity contribution is 8.00. The Bertz CT molecular complexity index is 1250. The lowest BCUT2D eigenvalue weighted by molar-refractivity contribution is -0.192. The van der Waals surface area contributed by atoms with E-state index in [0.29, 0.717) is 5.56 Å². The molecule has 15 heteroatoms. The molecule has 1 aromatic carbocycles. The van der Waals surface area contributed by atoms with Gasteiger partial charge in [-0.05, 0) is 36.6 Å². The molecule has 0 aromatic heterocycles. The Hall–Kier alpha value is -4.08. The first kappa shape index (κ1) is 30.5. The van der Waals surface area contributed by atoms with E-state index in [4.69, 9.17) is 25.1 Å². The van der Waals surface area contributed by atoms with Crippen molar-refractivity contribution in [3.8, 4) is 5.75 Å². The number of esters is 1. The highest BCUT2D eigenvalue weighted by atomic mass is 32.2. The lowest BCUT2D eigenvalue weighted by atomic mass is 9.97. The van der Waals surface area contributed by atoms with Crippen molar-refractivity contribution >= 4 is 47.6 Å². The molecule has 1 fully saturated rings. The number of methoxy groups -OCH3 is 2. The van der Waals surface area contributed by atoms with Crippen LogP contribution in [-0.4, -0.2) is 93.7 Å². The van der Waals surface area contributed by atoms with Gasteiger partial charge >= 0.3 is 17.9 Å². The van der Waals surface area contributed by atoms with Crippen molar-refractivity contribution in [3.05, 3.63) is 46.9 Å². The highest BCUT2D eigenvalue weighted by Crippen LogP contribution is 2.46. The number of benzene rings is 1. The molecule has 1 aromatic rings. The average Bonchev–Trinajstić information content (AvgIpc) is 2.93. The van der Waals surface area contributed by atoms with Crippen LogP contribution in [0.15, 0.2) is 41.3 Å². The van der Waals surface area contributed by atoms with Crippen molar-refractivity contribution in [2.24, 2.45) is 5.73 Å². The van der Waals surface area contributed by atoms with Gasteiger partial charge in [0.2, 0.25) is 11.7 Å². The number of phenolic OH excluding ortho intramolecular Hbond substituents is 1. The van der Waals surface area contributed by atoms with E-state index in [0.717, 1.165) is 16.7 Å². The van der Waals surface area contributed by atoms with E-state index in [1.54, 1.807) is 12.1 Å². The predicted molar refractivity (Wildman–Crippen MR) is 139 cm³/mol. The van der Waals surface area contributed by atoms with Crippen LogP contribution in [0.5, 0.6) is 5.75 Å². The number of β-lactam (4-membered cyclic amide) rings is 1. The zero-order valence-corrected chi connectivity index (χ0v) is 22.4. The lowest BCUT2D eigenvalue weighted by Crippen LogP contribution is -2.80. The van der Waals surface area contributed by atoms with Crippen LogP contribution in [0.3, 0.4) is 0 Å². The number of carboxylic acid groups (broad SMARTS) is 2. The van der Waals surface area contributed by atoms with Crippen LogP contribution in [-0.2, 0) is 38.2 Å². The van der Waals surface area contributed by atoms with Gasteiger partial charge in [-0.3, -0.25) is 19.3 Å². The summed E-state index contributed by atoms with van der Waals surface area (Å²) in [5.41, 5.74) is 3.91. The maximum atomic E-state index is 13.2. The summed E-state index contributed by atoms with van der Waals surface area (Å²) < 4.78 is 15.7. The number of carbonyl (C=O) groups is 5. The van der Waals surface area contributed by atoms with Gasteiger partial charge in [0.15, 0.2) is 0 Å². The van der Waals surface area contributed by atoms with Crippen molar-refractivity contribution in [1.29, 1.82) is 0 Å². The van der Waals surface area contributed by atoms with E-state index in [1.807, 2.05) is 0 Å². The summed E-state index contributed by atoms with van der Waals surface area (Å²) in [7, 11) is 2.46. The normalized spacial score (nSPS) is 21.2.